The normalized spacial score (nSPS) is 19.1. The second kappa shape index (κ2) is 6.85. The molecule has 0 spiro atoms. The van der Waals surface area contributed by atoms with Crippen LogP contribution in [0.25, 0.3) is 0 Å². The van der Waals surface area contributed by atoms with Gasteiger partial charge in [-0.1, -0.05) is 12.1 Å². The van der Waals surface area contributed by atoms with Gasteiger partial charge in [0.05, 0.1) is 7.11 Å². The molecule has 5 heteroatoms. The van der Waals surface area contributed by atoms with Crippen molar-refractivity contribution < 1.29 is 9.13 Å². The van der Waals surface area contributed by atoms with Crippen LogP contribution in [0.15, 0.2) is 42.7 Å². The summed E-state index contributed by atoms with van der Waals surface area (Å²) in [6.45, 7) is 3.45. The number of aromatic nitrogens is 1. The zero-order valence-electron chi connectivity index (χ0n) is 12.6. The first kappa shape index (κ1) is 14.9. The Hall–Kier alpha value is -1.98. The Balaban J connectivity index is 1.78. The molecule has 2 aromatic rings. The van der Waals surface area contributed by atoms with Crippen LogP contribution in [-0.2, 0) is 6.54 Å². The van der Waals surface area contributed by atoms with E-state index in [-0.39, 0.29) is 17.6 Å². The second-order valence-electron chi connectivity index (χ2n) is 5.45. The lowest BCUT2D eigenvalue weighted by molar-refractivity contribution is 0.153. The van der Waals surface area contributed by atoms with Gasteiger partial charge in [0.15, 0.2) is 11.6 Å². The number of rotatable bonds is 4. The quantitative estimate of drug-likeness (QED) is 0.941. The summed E-state index contributed by atoms with van der Waals surface area (Å²) in [4.78, 5) is 6.56. The van der Waals surface area contributed by atoms with Crippen LogP contribution in [0, 0.1) is 5.82 Å². The molecule has 4 nitrogen and oxygen atoms in total. The van der Waals surface area contributed by atoms with E-state index in [1.54, 1.807) is 18.3 Å². The molecule has 116 valence electrons. The molecule has 22 heavy (non-hydrogen) atoms. The zero-order chi connectivity index (χ0) is 15.4. The topological polar surface area (TPSA) is 37.4 Å². The summed E-state index contributed by atoms with van der Waals surface area (Å²) in [7, 11) is 1.48. The van der Waals surface area contributed by atoms with E-state index >= 15 is 0 Å². The Labute approximate surface area is 129 Å². The summed E-state index contributed by atoms with van der Waals surface area (Å²) in [6, 6.07) is 9.46. The molecule has 0 aliphatic carbocycles. The molecule has 1 saturated heterocycles. The lowest BCUT2D eigenvalue weighted by atomic mass is 10.0. The fraction of sp³-hybridized carbons (Fsp3) is 0.353. The van der Waals surface area contributed by atoms with Crippen LogP contribution >= 0.6 is 0 Å². The summed E-state index contributed by atoms with van der Waals surface area (Å²) in [6.07, 6.45) is 3.68. The van der Waals surface area contributed by atoms with Gasteiger partial charge in [-0.05, 0) is 29.3 Å². The number of nitrogens with zero attached hydrogens (tertiary/aromatic N) is 2. The van der Waals surface area contributed by atoms with Gasteiger partial charge in [0.2, 0.25) is 0 Å². The number of piperazine rings is 1. The Morgan fingerprint density at radius 3 is 3.05 bits per heavy atom. The standard InChI is InChI=1S/C17H20FN3O/c1-22-17-5-4-13(9-15(17)18)12-21-8-7-20-11-16(21)14-3-2-6-19-10-14/h2-6,9-10,16,20H,7-8,11-12H2,1H3. The van der Waals surface area contributed by atoms with Crippen molar-refractivity contribution in [1.29, 1.82) is 0 Å². The molecule has 1 aliphatic rings. The number of hydrogen-bond acceptors (Lipinski definition) is 4. The van der Waals surface area contributed by atoms with Crippen LogP contribution in [-0.4, -0.2) is 36.6 Å². The van der Waals surface area contributed by atoms with Crippen molar-refractivity contribution >= 4 is 0 Å². The largest absolute Gasteiger partial charge is 0.494 e. The van der Waals surface area contributed by atoms with E-state index in [1.807, 2.05) is 18.3 Å². The van der Waals surface area contributed by atoms with Crippen molar-refractivity contribution in [3.8, 4) is 5.75 Å². The van der Waals surface area contributed by atoms with E-state index in [2.05, 4.69) is 21.3 Å². The average Bonchev–Trinajstić information content (AvgIpc) is 2.56. The molecule has 1 aromatic carbocycles. The van der Waals surface area contributed by atoms with Crippen LogP contribution < -0.4 is 10.1 Å². The van der Waals surface area contributed by atoms with Gasteiger partial charge in [0.1, 0.15) is 0 Å². The maximum absolute atomic E-state index is 13.9. The highest BCUT2D eigenvalue weighted by molar-refractivity contribution is 5.29. The van der Waals surface area contributed by atoms with Crippen LogP contribution in [0.4, 0.5) is 4.39 Å². The number of methoxy groups -OCH3 is 1. The Bertz CT molecular complexity index is 621. The predicted molar refractivity (Wildman–Crippen MR) is 83.2 cm³/mol. The highest BCUT2D eigenvalue weighted by Gasteiger charge is 2.24. The van der Waals surface area contributed by atoms with Gasteiger partial charge in [0.25, 0.3) is 0 Å². The molecular formula is C17H20FN3O. The molecule has 0 saturated carbocycles. The van der Waals surface area contributed by atoms with E-state index in [1.165, 1.54) is 12.7 Å². The molecule has 1 atom stereocenters. The zero-order valence-corrected chi connectivity index (χ0v) is 12.6. The van der Waals surface area contributed by atoms with Crippen molar-refractivity contribution in [3.05, 3.63) is 59.7 Å². The minimum atomic E-state index is -0.312. The molecular weight excluding hydrogens is 281 g/mol. The number of benzene rings is 1. The summed E-state index contributed by atoms with van der Waals surface area (Å²) in [5.41, 5.74) is 2.14. The molecule has 1 aromatic heterocycles. The van der Waals surface area contributed by atoms with Crippen molar-refractivity contribution in [3.63, 3.8) is 0 Å². The number of pyridine rings is 1. The highest BCUT2D eigenvalue weighted by Crippen LogP contribution is 2.25. The molecule has 1 unspecified atom stereocenters. The van der Waals surface area contributed by atoms with Gasteiger partial charge >= 0.3 is 0 Å². The molecule has 3 rings (SSSR count). The van der Waals surface area contributed by atoms with Crippen LogP contribution in [0.1, 0.15) is 17.2 Å². The van der Waals surface area contributed by atoms with Gasteiger partial charge in [0, 0.05) is 44.6 Å². The lowest BCUT2D eigenvalue weighted by Crippen LogP contribution is -2.45. The predicted octanol–water partition coefficient (Wildman–Crippen LogP) is 2.38. The van der Waals surface area contributed by atoms with Crippen molar-refractivity contribution in [2.45, 2.75) is 12.6 Å². The molecule has 0 radical (unpaired) electrons. The van der Waals surface area contributed by atoms with Gasteiger partial charge in [-0.3, -0.25) is 9.88 Å². The van der Waals surface area contributed by atoms with Gasteiger partial charge in [-0.25, -0.2) is 4.39 Å². The van der Waals surface area contributed by atoms with E-state index in [0.29, 0.717) is 6.54 Å². The minimum Gasteiger partial charge on any atom is -0.494 e. The average molecular weight is 301 g/mol. The summed E-state index contributed by atoms with van der Waals surface area (Å²) in [5, 5.41) is 3.42. The maximum atomic E-state index is 13.9. The van der Waals surface area contributed by atoms with Gasteiger partial charge in [-0.15, -0.1) is 0 Å². The van der Waals surface area contributed by atoms with Crippen molar-refractivity contribution in [1.82, 2.24) is 15.2 Å². The molecule has 0 bridgehead atoms. The first-order chi connectivity index (χ1) is 10.8. The number of nitrogens with one attached hydrogen (secondary N) is 1. The minimum absolute atomic E-state index is 0.257. The first-order valence-corrected chi connectivity index (χ1v) is 7.45. The third-order valence-electron chi connectivity index (χ3n) is 4.03. The van der Waals surface area contributed by atoms with Gasteiger partial charge < -0.3 is 10.1 Å². The summed E-state index contributed by atoms with van der Waals surface area (Å²) >= 11 is 0. The first-order valence-electron chi connectivity index (χ1n) is 7.45. The smallest absolute Gasteiger partial charge is 0.165 e. The Kier molecular flexibility index (Phi) is 4.65. The lowest BCUT2D eigenvalue weighted by Gasteiger charge is -2.36. The monoisotopic (exact) mass is 301 g/mol. The molecule has 0 amide bonds. The summed E-state index contributed by atoms with van der Waals surface area (Å²) in [5.74, 6) is -0.0269. The highest BCUT2D eigenvalue weighted by atomic mass is 19.1. The molecule has 2 heterocycles. The number of ether oxygens (including phenoxy) is 1. The third kappa shape index (κ3) is 3.26. The van der Waals surface area contributed by atoms with Crippen LogP contribution in [0.3, 0.4) is 0 Å². The van der Waals surface area contributed by atoms with E-state index in [4.69, 9.17) is 4.74 Å². The molecule has 1 fully saturated rings. The van der Waals surface area contributed by atoms with E-state index in [9.17, 15) is 4.39 Å². The van der Waals surface area contributed by atoms with Gasteiger partial charge in [-0.2, -0.15) is 0 Å². The van der Waals surface area contributed by atoms with E-state index < -0.39 is 0 Å². The number of halogens is 1. The fourth-order valence-corrected chi connectivity index (χ4v) is 2.88. The van der Waals surface area contributed by atoms with Crippen molar-refractivity contribution in [2.75, 3.05) is 26.7 Å². The maximum Gasteiger partial charge on any atom is 0.165 e. The Morgan fingerprint density at radius 2 is 2.32 bits per heavy atom. The summed E-state index contributed by atoms with van der Waals surface area (Å²) < 4.78 is 18.8. The number of hydrogen-bond donors (Lipinski definition) is 1. The SMILES string of the molecule is COc1ccc(CN2CCNCC2c2cccnc2)cc1F. The molecule has 1 N–H and O–H groups in total. The van der Waals surface area contributed by atoms with Crippen LogP contribution in [0.2, 0.25) is 0 Å². The van der Waals surface area contributed by atoms with Crippen molar-refractivity contribution in [2.24, 2.45) is 0 Å². The Morgan fingerprint density at radius 1 is 1.41 bits per heavy atom. The van der Waals surface area contributed by atoms with Crippen LogP contribution in [0.5, 0.6) is 5.75 Å². The van der Waals surface area contributed by atoms with E-state index in [0.717, 1.165) is 25.2 Å². The molecule has 1 aliphatic heterocycles. The fourth-order valence-electron chi connectivity index (χ4n) is 2.88. The second-order valence-corrected chi connectivity index (χ2v) is 5.45. The third-order valence-corrected chi connectivity index (χ3v) is 4.03.